The van der Waals surface area contributed by atoms with Crippen LogP contribution >= 0.6 is 0 Å². The fourth-order valence-corrected chi connectivity index (χ4v) is 3.12. The maximum absolute atomic E-state index is 11.3. The Morgan fingerprint density at radius 1 is 1.17 bits per heavy atom. The van der Waals surface area contributed by atoms with Crippen LogP contribution in [0.4, 0.5) is 11.4 Å². The number of carbonyl (C=O) groups excluding carboxylic acids is 1. The van der Waals surface area contributed by atoms with Crippen LogP contribution < -0.4 is 14.4 Å². The van der Waals surface area contributed by atoms with E-state index in [9.17, 15) is 13.6 Å². The largest absolute Gasteiger partial charge is 0.453 e. The Morgan fingerprint density at radius 2 is 1.88 bits per heavy atom. The third-order valence-electron chi connectivity index (χ3n) is 3.83. The van der Waals surface area contributed by atoms with Gasteiger partial charge in [-0.1, -0.05) is 18.2 Å². The standard InChI is InChI=1S/C17H18N2O4S/c20-12-13-10-15(18-24(21)22)17(23-14-6-2-1-3-7-14)16(11-13)19-8-4-5-9-19/h1-3,6-7,10-12,18H,4-5,8-9H2,(H,21,22). The second kappa shape index (κ2) is 7.46. The maximum atomic E-state index is 11.3. The molecule has 126 valence electrons. The number of ether oxygens (including phenoxy) is 1. The van der Waals surface area contributed by atoms with E-state index in [-0.39, 0.29) is 0 Å². The van der Waals surface area contributed by atoms with Gasteiger partial charge in [-0.3, -0.25) is 14.1 Å². The number of para-hydroxylation sites is 1. The van der Waals surface area contributed by atoms with Crippen molar-refractivity contribution in [1.82, 2.24) is 0 Å². The minimum Gasteiger partial charge on any atom is -0.453 e. The Labute approximate surface area is 142 Å². The lowest BCUT2D eigenvalue weighted by Gasteiger charge is -2.24. The first-order valence-electron chi connectivity index (χ1n) is 7.66. The molecule has 1 fully saturated rings. The van der Waals surface area contributed by atoms with Gasteiger partial charge in [0.25, 0.3) is 11.3 Å². The average molecular weight is 346 g/mol. The molecule has 1 saturated heterocycles. The Kier molecular flexibility index (Phi) is 5.12. The van der Waals surface area contributed by atoms with Crippen LogP contribution in [0.1, 0.15) is 23.2 Å². The molecule has 0 aromatic heterocycles. The molecule has 1 heterocycles. The first kappa shape index (κ1) is 16.5. The summed E-state index contributed by atoms with van der Waals surface area (Å²) < 4.78 is 28.9. The summed E-state index contributed by atoms with van der Waals surface area (Å²) in [5.41, 5.74) is 1.48. The smallest absolute Gasteiger partial charge is 0.259 e. The number of carbonyl (C=O) groups is 1. The average Bonchev–Trinajstić information content (AvgIpc) is 3.11. The van der Waals surface area contributed by atoms with Crippen LogP contribution in [0.15, 0.2) is 42.5 Å². The summed E-state index contributed by atoms with van der Waals surface area (Å²) in [5, 5.41) is 0. The van der Waals surface area contributed by atoms with E-state index in [1.165, 1.54) is 6.07 Å². The van der Waals surface area contributed by atoms with Gasteiger partial charge in [0, 0.05) is 18.7 Å². The van der Waals surface area contributed by atoms with E-state index in [1.807, 2.05) is 18.2 Å². The number of hydrogen-bond donors (Lipinski definition) is 2. The quantitative estimate of drug-likeness (QED) is 0.619. The van der Waals surface area contributed by atoms with Gasteiger partial charge in [-0.05, 0) is 37.1 Å². The molecule has 1 atom stereocenters. The number of nitrogens with zero attached hydrogens (tertiary/aromatic N) is 1. The van der Waals surface area contributed by atoms with Crippen LogP contribution in [0.25, 0.3) is 0 Å². The molecule has 0 saturated carbocycles. The highest BCUT2D eigenvalue weighted by molar-refractivity contribution is 7.80. The van der Waals surface area contributed by atoms with Crippen molar-refractivity contribution in [2.24, 2.45) is 0 Å². The predicted octanol–water partition coefficient (Wildman–Crippen LogP) is 3.44. The lowest BCUT2D eigenvalue weighted by molar-refractivity contribution is 0.112. The molecule has 2 aromatic rings. The van der Waals surface area contributed by atoms with Gasteiger partial charge < -0.3 is 9.64 Å². The fraction of sp³-hybridized carbons (Fsp3) is 0.235. The normalized spacial score (nSPS) is 15.1. The molecule has 0 amide bonds. The van der Waals surface area contributed by atoms with Crippen molar-refractivity contribution in [1.29, 1.82) is 0 Å². The summed E-state index contributed by atoms with van der Waals surface area (Å²) in [6, 6.07) is 12.5. The summed E-state index contributed by atoms with van der Waals surface area (Å²) in [7, 11) is 0. The first-order valence-corrected chi connectivity index (χ1v) is 8.76. The van der Waals surface area contributed by atoms with Gasteiger partial charge in [0.15, 0.2) is 5.75 Å². The molecule has 0 bridgehead atoms. The van der Waals surface area contributed by atoms with E-state index in [0.717, 1.165) is 37.9 Å². The molecular formula is C17H18N2O4S. The maximum Gasteiger partial charge on any atom is 0.259 e. The topological polar surface area (TPSA) is 78.9 Å². The van der Waals surface area contributed by atoms with E-state index in [1.54, 1.807) is 18.2 Å². The molecule has 2 N–H and O–H groups in total. The van der Waals surface area contributed by atoms with Crippen LogP contribution in [0, 0.1) is 0 Å². The van der Waals surface area contributed by atoms with Crippen LogP contribution in [0.5, 0.6) is 11.5 Å². The minimum absolute atomic E-state index is 0.311. The predicted molar refractivity (Wildman–Crippen MR) is 94.2 cm³/mol. The van der Waals surface area contributed by atoms with Crippen molar-refractivity contribution in [3.8, 4) is 11.5 Å². The van der Waals surface area contributed by atoms with Gasteiger partial charge in [-0.2, -0.15) is 0 Å². The summed E-state index contributed by atoms with van der Waals surface area (Å²) in [6.45, 7) is 1.71. The Hall–Kier alpha value is -2.38. The summed E-state index contributed by atoms with van der Waals surface area (Å²) in [6.07, 6.45) is 2.84. The van der Waals surface area contributed by atoms with Gasteiger partial charge >= 0.3 is 0 Å². The van der Waals surface area contributed by atoms with E-state index >= 15 is 0 Å². The van der Waals surface area contributed by atoms with Crippen LogP contribution in [0.2, 0.25) is 0 Å². The van der Waals surface area contributed by atoms with Crippen LogP contribution in [-0.2, 0) is 11.3 Å². The molecule has 1 unspecified atom stereocenters. The monoisotopic (exact) mass is 346 g/mol. The van der Waals surface area contributed by atoms with Gasteiger partial charge in [0.05, 0.1) is 11.4 Å². The Balaban J connectivity index is 2.09. The van der Waals surface area contributed by atoms with E-state index < -0.39 is 11.3 Å². The molecule has 7 heteroatoms. The van der Waals surface area contributed by atoms with Crippen molar-refractivity contribution < 1.29 is 18.3 Å². The molecule has 1 aliphatic heterocycles. The fourth-order valence-electron chi connectivity index (χ4n) is 2.78. The van der Waals surface area contributed by atoms with E-state index in [0.29, 0.717) is 22.7 Å². The zero-order valence-corrected chi connectivity index (χ0v) is 13.8. The van der Waals surface area contributed by atoms with E-state index in [2.05, 4.69) is 9.62 Å². The molecule has 1 aliphatic rings. The molecule has 6 nitrogen and oxygen atoms in total. The minimum atomic E-state index is -2.27. The zero-order chi connectivity index (χ0) is 16.9. The molecule has 0 spiro atoms. The summed E-state index contributed by atoms with van der Waals surface area (Å²) in [5.74, 6) is 1.06. The van der Waals surface area contributed by atoms with Crippen molar-refractivity contribution in [3.63, 3.8) is 0 Å². The lowest BCUT2D eigenvalue weighted by atomic mass is 10.1. The second-order valence-corrected chi connectivity index (χ2v) is 6.20. The van der Waals surface area contributed by atoms with Crippen LogP contribution in [-0.4, -0.2) is 28.1 Å². The highest BCUT2D eigenvalue weighted by atomic mass is 32.2. The van der Waals surface area contributed by atoms with Gasteiger partial charge in [0.1, 0.15) is 12.0 Å². The van der Waals surface area contributed by atoms with E-state index in [4.69, 9.17) is 4.74 Å². The molecular weight excluding hydrogens is 328 g/mol. The van der Waals surface area contributed by atoms with Crippen molar-refractivity contribution in [2.45, 2.75) is 12.8 Å². The summed E-state index contributed by atoms with van der Waals surface area (Å²) >= 11 is -2.27. The van der Waals surface area contributed by atoms with Crippen LogP contribution in [0.3, 0.4) is 0 Å². The lowest BCUT2D eigenvalue weighted by Crippen LogP contribution is -2.19. The molecule has 24 heavy (non-hydrogen) atoms. The highest BCUT2D eigenvalue weighted by Gasteiger charge is 2.22. The molecule has 3 rings (SSSR count). The Bertz CT molecular complexity index is 746. The SMILES string of the molecule is O=Cc1cc(NS(=O)O)c(Oc2ccccc2)c(N2CCCC2)c1. The third-order valence-corrected chi connectivity index (χ3v) is 4.23. The number of anilines is 2. The molecule has 0 aliphatic carbocycles. The second-order valence-electron chi connectivity index (χ2n) is 5.50. The third kappa shape index (κ3) is 3.74. The Morgan fingerprint density at radius 3 is 2.50 bits per heavy atom. The zero-order valence-electron chi connectivity index (χ0n) is 13.0. The number of aldehydes is 1. The van der Waals surface area contributed by atoms with Crippen molar-refractivity contribution >= 4 is 28.9 Å². The number of rotatable bonds is 6. The number of nitrogens with one attached hydrogen (secondary N) is 1. The summed E-state index contributed by atoms with van der Waals surface area (Å²) in [4.78, 5) is 13.4. The highest BCUT2D eigenvalue weighted by Crippen LogP contribution is 2.41. The van der Waals surface area contributed by atoms with Crippen molar-refractivity contribution in [2.75, 3.05) is 22.7 Å². The van der Waals surface area contributed by atoms with Gasteiger partial charge in [0.2, 0.25) is 0 Å². The molecule has 2 aromatic carbocycles. The number of hydrogen-bond acceptors (Lipinski definition) is 4. The molecule has 0 radical (unpaired) electrons. The van der Waals surface area contributed by atoms with Gasteiger partial charge in [-0.15, -0.1) is 0 Å². The first-order chi connectivity index (χ1) is 11.7. The van der Waals surface area contributed by atoms with Gasteiger partial charge in [-0.25, -0.2) is 4.21 Å². The van der Waals surface area contributed by atoms with Crippen molar-refractivity contribution in [3.05, 3.63) is 48.0 Å². The number of benzene rings is 2.